The van der Waals surface area contributed by atoms with E-state index in [0.29, 0.717) is 22.2 Å². The lowest BCUT2D eigenvalue weighted by atomic mass is 10.3. The van der Waals surface area contributed by atoms with E-state index in [4.69, 9.17) is 0 Å². The summed E-state index contributed by atoms with van der Waals surface area (Å²) in [5.41, 5.74) is 0.902. The van der Waals surface area contributed by atoms with Crippen molar-refractivity contribution in [3.05, 3.63) is 45.6 Å². The zero-order valence-corrected chi connectivity index (χ0v) is 16.9. The van der Waals surface area contributed by atoms with Crippen molar-refractivity contribution in [2.75, 3.05) is 16.4 Å². The average Bonchev–Trinajstić information content (AvgIpc) is 3.32. The summed E-state index contributed by atoms with van der Waals surface area (Å²) in [7, 11) is 0. The molecule has 0 atom stereocenters. The summed E-state index contributed by atoms with van der Waals surface area (Å²) in [4.78, 5) is 28.6. The van der Waals surface area contributed by atoms with Gasteiger partial charge in [0.15, 0.2) is 10.9 Å². The van der Waals surface area contributed by atoms with E-state index in [1.54, 1.807) is 18.2 Å². The number of hydrogen-bond donors (Lipinski definition) is 2. The number of aryl methyl sites for hydroxylation is 1. The van der Waals surface area contributed by atoms with Gasteiger partial charge < -0.3 is 10.6 Å². The summed E-state index contributed by atoms with van der Waals surface area (Å²) in [6.07, 6.45) is 1.15. The van der Waals surface area contributed by atoms with Crippen LogP contribution in [0.1, 0.15) is 28.2 Å². The minimum atomic E-state index is -0.193. The van der Waals surface area contributed by atoms with E-state index in [1.807, 2.05) is 23.8 Å². The Morgan fingerprint density at radius 3 is 2.70 bits per heavy atom. The largest absolute Gasteiger partial charge is 0.304 e. The van der Waals surface area contributed by atoms with Crippen LogP contribution in [0.25, 0.3) is 0 Å². The molecule has 3 aromatic heterocycles. The van der Waals surface area contributed by atoms with Gasteiger partial charge in [0.05, 0.1) is 10.6 Å². The molecular weight excluding hydrogens is 402 g/mol. The Balaban J connectivity index is 1.37. The Labute approximate surface area is 168 Å². The molecule has 7 nitrogen and oxygen atoms in total. The summed E-state index contributed by atoms with van der Waals surface area (Å²) >= 11 is 4.31. The van der Waals surface area contributed by atoms with Gasteiger partial charge in [-0.1, -0.05) is 6.07 Å². The minimum Gasteiger partial charge on any atom is -0.304 e. The molecule has 27 heavy (non-hydrogen) atoms. The average molecular weight is 420 g/mol. The first-order chi connectivity index (χ1) is 13.1. The first-order valence-corrected chi connectivity index (χ1v) is 10.9. The lowest BCUT2D eigenvalue weighted by molar-refractivity contribution is -0.116. The van der Waals surface area contributed by atoms with Crippen molar-refractivity contribution in [3.63, 3.8) is 0 Å². The molecule has 3 aromatic rings. The highest BCUT2D eigenvalue weighted by molar-refractivity contribution is 7.99. The Kier molecular flexibility index (Phi) is 6.91. The van der Waals surface area contributed by atoms with E-state index >= 15 is 0 Å². The van der Waals surface area contributed by atoms with Crippen LogP contribution in [0, 0.1) is 6.92 Å². The molecule has 2 amide bonds. The number of thioether (sulfide) groups is 1. The molecule has 0 fully saturated rings. The number of anilines is 2. The van der Waals surface area contributed by atoms with Crippen LogP contribution >= 0.6 is 34.4 Å². The van der Waals surface area contributed by atoms with Crippen LogP contribution in [0.15, 0.2) is 40.1 Å². The monoisotopic (exact) mass is 419 g/mol. The second-order valence-corrected chi connectivity index (χ2v) is 8.40. The van der Waals surface area contributed by atoms with Crippen molar-refractivity contribution in [1.82, 2.24) is 15.2 Å². The maximum Gasteiger partial charge on any atom is 0.266 e. The van der Waals surface area contributed by atoms with Crippen LogP contribution in [0.2, 0.25) is 0 Å². The van der Waals surface area contributed by atoms with Crippen molar-refractivity contribution < 1.29 is 9.59 Å². The molecule has 0 saturated heterocycles. The molecule has 0 unspecified atom stereocenters. The van der Waals surface area contributed by atoms with Crippen molar-refractivity contribution in [2.24, 2.45) is 0 Å². The Bertz CT molecular complexity index is 894. The molecular formula is C17H17N5O2S3. The molecule has 2 N–H and O–H groups in total. The summed E-state index contributed by atoms with van der Waals surface area (Å²) in [6.45, 7) is 1.89. The molecule has 0 saturated carbocycles. The first kappa shape index (κ1) is 19.5. The lowest BCUT2D eigenvalue weighted by Crippen LogP contribution is -2.12. The van der Waals surface area contributed by atoms with E-state index < -0.39 is 0 Å². The number of thiazole rings is 1. The van der Waals surface area contributed by atoms with Gasteiger partial charge in [-0.2, -0.15) is 0 Å². The third-order valence-corrected chi connectivity index (χ3v) is 6.04. The quantitative estimate of drug-likeness (QED) is 0.422. The van der Waals surface area contributed by atoms with Gasteiger partial charge in [-0.05, 0) is 36.9 Å². The molecule has 0 aliphatic rings. The summed E-state index contributed by atoms with van der Waals surface area (Å²) in [6, 6.07) is 7.10. The lowest BCUT2D eigenvalue weighted by Gasteiger charge is -2.04. The molecule has 3 rings (SSSR count). The number of nitrogens with one attached hydrogen (secondary N) is 2. The SMILES string of the molecule is Cc1csc(NC(=O)CCCSc2ccc(NC(=O)c3cccs3)nn2)n1. The number of aromatic nitrogens is 3. The fraction of sp³-hybridized carbons (Fsp3) is 0.235. The molecule has 0 aliphatic carbocycles. The normalized spacial score (nSPS) is 10.6. The molecule has 10 heteroatoms. The topological polar surface area (TPSA) is 96.9 Å². The molecule has 3 heterocycles. The molecule has 0 aromatic carbocycles. The third kappa shape index (κ3) is 6.12. The zero-order chi connectivity index (χ0) is 19.1. The minimum absolute atomic E-state index is 0.0392. The van der Waals surface area contributed by atoms with Gasteiger partial charge in [0, 0.05) is 17.6 Å². The molecule has 0 radical (unpaired) electrons. The van der Waals surface area contributed by atoms with Crippen LogP contribution in [-0.4, -0.2) is 32.7 Å². The molecule has 0 bridgehead atoms. The number of rotatable bonds is 8. The fourth-order valence-electron chi connectivity index (χ4n) is 2.05. The van der Waals surface area contributed by atoms with E-state index in [9.17, 15) is 9.59 Å². The van der Waals surface area contributed by atoms with E-state index in [-0.39, 0.29) is 11.8 Å². The van der Waals surface area contributed by atoms with Gasteiger partial charge in [0.2, 0.25) is 5.91 Å². The van der Waals surface area contributed by atoms with Crippen molar-refractivity contribution in [2.45, 2.75) is 24.8 Å². The van der Waals surface area contributed by atoms with Crippen molar-refractivity contribution in [3.8, 4) is 0 Å². The predicted molar refractivity (Wildman–Crippen MR) is 110 cm³/mol. The van der Waals surface area contributed by atoms with Crippen molar-refractivity contribution in [1.29, 1.82) is 0 Å². The smallest absolute Gasteiger partial charge is 0.266 e. The number of hydrogen-bond acceptors (Lipinski definition) is 8. The number of carbonyl (C=O) groups is 2. The first-order valence-electron chi connectivity index (χ1n) is 8.13. The molecule has 140 valence electrons. The molecule has 0 aliphatic heterocycles. The number of nitrogens with zero attached hydrogens (tertiary/aromatic N) is 3. The second kappa shape index (κ2) is 9.58. The summed E-state index contributed by atoms with van der Waals surface area (Å²) < 4.78 is 0. The highest BCUT2D eigenvalue weighted by atomic mass is 32.2. The van der Waals surface area contributed by atoms with Gasteiger partial charge in [-0.25, -0.2) is 4.98 Å². The maximum atomic E-state index is 12.0. The van der Waals surface area contributed by atoms with Crippen LogP contribution in [0.3, 0.4) is 0 Å². The van der Waals surface area contributed by atoms with Gasteiger partial charge in [0.1, 0.15) is 5.03 Å². The van der Waals surface area contributed by atoms with E-state index in [0.717, 1.165) is 22.9 Å². The number of thiophene rings is 1. The Morgan fingerprint density at radius 2 is 2.04 bits per heavy atom. The van der Waals surface area contributed by atoms with Crippen LogP contribution in [0.4, 0.5) is 10.9 Å². The van der Waals surface area contributed by atoms with Gasteiger partial charge in [-0.15, -0.1) is 44.6 Å². The van der Waals surface area contributed by atoms with Crippen LogP contribution in [0.5, 0.6) is 0 Å². The highest BCUT2D eigenvalue weighted by Crippen LogP contribution is 2.19. The Hall–Kier alpha value is -2.30. The molecule has 0 spiro atoms. The number of carbonyl (C=O) groups excluding carboxylic acids is 2. The van der Waals surface area contributed by atoms with Gasteiger partial charge >= 0.3 is 0 Å². The maximum absolute atomic E-state index is 12.0. The standard InChI is InChI=1S/C17H17N5O2S3/c1-11-10-27-17(18-11)20-14(23)5-3-9-26-15-7-6-13(21-22-15)19-16(24)12-4-2-8-25-12/h2,4,6-8,10H,3,5,9H2,1H3,(H,18,20,23)(H,19,21,24). The van der Waals surface area contributed by atoms with E-state index in [1.165, 1.54) is 34.4 Å². The third-order valence-electron chi connectivity index (χ3n) is 3.29. The predicted octanol–water partition coefficient (Wildman–Crippen LogP) is 4.07. The number of amides is 2. The van der Waals surface area contributed by atoms with E-state index in [2.05, 4.69) is 25.8 Å². The Morgan fingerprint density at radius 1 is 1.15 bits per heavy atom. The zero-order valence-electron chi connectivity index (χ0n) is 14.5. The summed E-state index contributed by atoms with van der Waals surface area (Å²) in [5.74, 6) is 0.930. The highest BCUT2D eigenvalue weighted by Gasteiger charge is 2.09. The van der Waals surface area contributed by atoms with Crippen LogP contribution < -0.4 is 10.6 Å². The van der Waals surface area contributed by atoms with Gasteiger partial charge in [-0.3, -0.25) is 9.59 Å². The van der Waals surface area contributed by atoms with Crippen molar-refractivity contribution >= 4 is 57.2 Å². The van der Waals surface area contributed by atoms with Crippen LogP contribution in [-0.2, 0) is 4.79 Å². The second-order valence-electron chi connectivity index (χ2n) is 5.48. The fourth-order valence-corrected chi connectivity index (χ4v) is 4.14. The summed E-state index contributed by atoms with van der Waals surface area (Å²) in [5, 5.41) is 18.7. The van der Waals surface area contributed by atoms with Gasteiger partial charge in [0.25, 0.3) is 5.91 Å².